The van der Waals surface area contributed by atoms with Gasteiger partial charge in [0.15, 0.2) is 0 Å². The second kappa shape index (κ2) is 7.14. The third-order valence-corrected chi connectivity index (χ3v) is 3.25. The number of anilines is 3. The summed E-state index contributed by atoms with van der Waals surface area (Å²) in [7, 11) is 1.66. The topological polar surface area (TPSA) is 46.2 Å². The van der Waals surface area contributed by atoms with Crippen LogP contribution in [0.3, 0.4) is 0 Å². The number of nitrogens with one attached hydrogen (secondary N) is 2. The minimum Gasteiger partial charge on any atom is -0.495 e. The van der Waals surface area contributed by atoms with Crippen molar-refractivity contribution in [1.82, 2.24) is 4.98 Å². The van der Waals surface area contributed by atoms with E-state index in [1.54, 1.807) is 13.3 Å². The summed E-state index contributed by atoms with van der Waals surface area (Å²) in [6.07, 6.45) is 2.85. The summed E-state index contributed by atoms with van der Waals surface area (Å²) in [4.78, 5) is 4.29. The molecule has 2 aromatic rings. The zero-order valence-electron chi connectivity index (χ0n) is 11.6. The van der Waals surface area contributed by atoms with E-state index >= 15 is 0 Å². The average Bonchev–Trinajstić information content (AvgIpc) is 2.46. The third kappa shape index (κ3) is 3.87. The lowest BCUT2D eigenvalue weighted by atomic mass is 10.2. The number of rotatable bonds is 6. The Kier molecular flexibility index (Phi) is 5.24. The Morgan fingerprint density at radius 1 is 1.25 bits per heavy atom. The zero-order chi connectivity index (χ0) is 14.4. The molecule has 0 aliphatic carbocycles. The molecular formula is C15H18BrN3O. The van der Waals surface area contributed by atoms with E-state index in [1.807, 2.05) is 30.3 Å². The molecule has 4 nitrogen and oxygen atoms in total. The molecule has 5 heteroatoms. The number of halogens is 1. The third-order valence-electron chi connectivity index (χ3n) is 2.76. The lowest BCUT2D eigenvalue weighted by molar-refractivity contribution is 0.417. The van der Waals surface area contributed by atoms with Crippen molar-refractivity contribution in [3.8, 4) is 5.75 Å². The maximum Gasteiger partial charge on any atom is 0.142 e. The Morgan fingerprint density at radius 3 is 2.85 bits per heavy atom. The van der Waals surface area contributed by atoms with Crippen molar-refractivity contribution in [2.24, 2.45) is 0 Å². The van der Waals surface area contributed by atoms with Gasteiger partial charge in [0.2, 0.25) is 0 Å². The van der Waals surface area contributed by atoms with Crippen LogP contribution in [0.4, 0.5) is 17.2 Å². The largest absolute Gasteiger partial charge is 0.495 e. The van der Waals surface area contributed by atoms with Crippen molar-refractivity contribution in [2.75, 3.05) is 24.3 Å². The predicted octanol–water partition coefficient (Wildman–Crippen LogP) is 4.42. The Balaban J connectivity index is 2.19. The van der Waals surface area contributed by atoms with Crippen LogP contribution in [0.25, 0.3) is 0 Å². The van der Waals surface area contributed by atoms with Crippen LogP contribution in [0.15, 0.2) is 41.0 Å². The van der Waals surface area contributed by atoms with Gasteiger partial charge in [0, 0.05) is 29.0 Å². The highest BCUT2D eigenvalue weighted by Crippen LogP contribution is 2.30. The van der Waals surface area contributed by atoms with E-state index in [9.17, 15) is 0 Å². The first-order valence-corrected chi connectivity index (χ1v) is 7.32. The summed E-state index contributed by atoms with van der Waals surface area (Å²) < 4.78 is 6.35. The summed E-state index contributed by atoms with van der Waals surface area (Å²) >= 11 is 3.47. The van der Waals surface area contributed by atoms with E-state index in [4.69, 9.17) is 4.74 Å². The van der Waals surface area contributed by atoms with Gasteiger partial charge in [-0.15, -0.1) is 0 Å². The quantitative estimate of drug-likeness (QED) is 0.820. The predicted molar refractivity (Wildman–Crippen MR) is 87.0 cm³/mol. The summed E-state index contributed by atoms with van der Waals surface area (Å²) in [6, 6.07) is 9.76. The number of pyridine rings is 1. The minimum absolute atomic E-state index is 0.799. The molecule has 106 valence electrons. The van der Waals surface area contributed by atoms with E-state index in [2.05, 4.69) is 38.5 Å². The maximum absolute atomic E-state index is 5.35. The van der Waals surface area contributed by atoms with Crippen molar-refractivity contribution < 1.29 is 4.74 Å². The van der Waals surface area contributed by atoms with E-state index in [-0.39, 0.29) is 0 Å². The molecule has 0 saturated heterocycles. The van der Waals surface area contributed by atoms with Crippen LogP contribution in [0.5, 0.6) is 5.75 Å². The minimum atomic E-state index is 0.799. The molecule has 0 saturated carbocycles. The molecular weight excluding hydrogens is 318 g/mol. The van der Waals surface area contributed by atoms with Crippen LogP contribution in [-0.4, -0.2) is 18.6 Å². The van der Waals surface area contributed by atoms with E-state index < -0.39 is 0 Å². The van der Waals surface area contributed by atoms with Gasteiger partial charge >= 0.3 is 0 Å². The molecule has 0 aliphatic heterocycles. The number of hydrogen-bond donors (Lipinski definition) is 2. The van der Waals surface area contributed by atoms with E-state index in [0.29, 0.717) is 0 Å². The molecule has 0 aliphatic rings. The van der Waals surface area contributed by atoms with Gasteiger partial charge in [0.05, 0.1) is 12.8 Å². The SMILES string of the molecule is CCCNc1cc(Nc2cc(Br)ccc2OC)ccn1. The fraction of sp³-hybridized carbons (Fsp3) is 0.267. The molecule has 1 heterocycles. The van der Waals surface area contributed by atoms with Crippen LogP contribution in [0.1, 0.15) is 13.3 Å². The smallest absolute Gasteiger partial charge is 0.142 e. The second-order valence-corrected chi connectivity index (χ2v) is 5.24. The first-order valence-electron chi connectivity index (χ1n) is 6.53. The lowest BCUT2D eigenvalue weighted by Crippen LogP contribution is -2.02. The van der Waals surface area contributed by atoms with Gasteiger partial charge in [0.1, 0.15) is 11.6 Å². The number of aromatic nitrogens is 1. The number of methoxy groups -OCH3 is 1. The normalized spacial score (nSPS) is 10.2. The molecule has 20 heavy (non-hydrogen) atoms. The van der Waals surface area contributed by atoms with Gasteiger partial charge in [-0.05, 0) is 30.7 Å². The number of hydrogen-bond acceptors (Lipinski definition) is 4. The van der Waals surface area contributed by atoms with Crippen molar-refractivity contribution in [1.29, 1.82) is 0 Å². The van der Waals surface area contributed by atoms with Gasteiger partial charge in [-0.25, -0.2) is 4.98 Å². The fourth-order valence-electron chi connectivity index (χ4n) is 1.79. The zero-order valence-corrected chi connectivity index (χ0v) is 13.2. The van der Waals surface area contributed by atoms with Crippen molar-refractivity contribution in [2.45, 2.75) is 13.3 Å². The molecule has 0 unspecified atom stereocenters. The van der Waals surface area contributed by atoms with Crippen LogP contribution < -0.4 is 15.4 Å². The Hall–Kier alpha value is -1.75. The highest BCUT2D eigenvalue weighted by molar-refractivity contribution is 9.10. The Labute approximate surface area is 127 Å². The summed E-state index contributed by atoms with van der Waals surface area (Å²) in [5, 5.41) is 6.61. The lowest BCUT2D eigenvalue weighted by Gasteiger charge is -2.12. The van der Waals surface area contributed by atoms with Crippen LogP contribution >= 0.6 is 15.9 Å². The Bertz CT molecular complexity index is 575. The monoisotopic (exact) mass is 335 g/mol. The van der Waals surface area contributed by atoms with Crippen LogP contribution in [0.2, 0.25) is 0 Å². The standard InChI is InChI=1S/C15H18BrN3O/c1-3-7-17-15-10-12(6-8-18-15)19-13-9-11(16)4-5-14(13)20-2/h4-6,8-10H,3,7H2,1-2H3,(H2,17,18,19). The Morgan fingerprint density at radius 2 is 2.10 bits per heavy atom. The summed E-state index contributed by atoms with van der Waals surface area (Å²) in [5.41, 5.74) is 1.88. The highest BCUT2D eigenvalue weighted by Gasteiger charge is 2.05. The number of nitrogens with zero attached hydrogens (tertiary/aromatic N) is 1. The fourth-order valence-corrected chi connectivity index (χ4v) is 2.15. The second-order valence-electron chi connectivity index (χ2n) is 4.33. The van der Waals surface area contributed by atoms with Crippen molar-refractivity contribution in [3.63, 3.8) is 0 Å². The van der Waals surface area contributed by atoms with Gasteiger partial charge < -0.3 is 15.4 Å². The van der Waals surface area contributed by atoms with Gasteiger partial charge in [-0.3, -0.25) is 0 Å². The van der Waals surface area contributed by atoms with Gasteiger partial charge in [0.25, 0.3) is 0 Å². The molecule has 0 fully saturated rings. The molecule has 0 atom stereocenters. The highest BCUT2D eigenvalue weighted by atomic mass is 79.9. The molecule has 2 N–H and O–H groups in total. The first-order chi connectivity index (χ1) is 9.72. The molecule has 0 bridgehead atoms. The molecule has 1 aromatic heterocycles. The van der Waals surface area contributed by atoms with E-state index in [0.717, 1.165) is 40.4 Å². The first kappa shape index (κ1) is 14.7. The molecule has 0 amide bonds. The number of benzene rings is 1. The van der Waals surface area contributed by atoms with Crippen molar-refractivity contribution in [3.05, 3.63) is 41.0 Å². The molecule has 0 radical (unpaired) electrons. The summed E-state index contributed by atoms with van der Waals surface area (Å²) in [6.45, 7) is 3.04. The maximum atomic E-state index is 5.35. The van der Waals surface area contributed by atoms with Crippen LogP contribution in [-0.2, 0) is 0 Å². The van der Waals surface area contributed by atoms with E-state index in [1.165, 1.54) is 0 Å². The van der Waals surface area contributed by atoms with Crippen LogP contribution in [0, 0.1) is 0 Å². The molecule has 0 spiro atoms. The molecule has 1 aromatic carbocycles. The number of ether oxygens (including phenoxy) is 1. The van der Waals surface area contributed by atoms with Gasteiger partial charge in [-0.2, -0.15) is 0 Å². The molecule has 2 rings (SSSR count). The van der Waals surface area contributed by atoms with Crippen molar-refractivity contribution >= 4 is 33.1 Å². The summed E-state index contributed by atoms with van der Waals surface area (Å²) in [5.74, 6) is 1.67. The van der Waals surface area contributed by atoms with Gasteiger partial charge in [-0.1, -0.05) is 22.9 Å². The average molecular weight is 336 g/mol.